The SMILES string of the molecule is CC(C)NCCCCc1cncc(Br)c1. The van der Waals surface area contributed by atoms with Crippen LogP contribution in [0.4, 0.5) is 0 Å². The number of aromatic nitrogens is 1. The molecule has 0 aromatic carbocycles. The number of nitrogens with zero attached hydrogens (tertiary/aromatic N) is 1. The maximum atomic E-state index is 4.15. The quantitative estimate of drug-likeness (QED) is 0.804. The van der Waals surface area contributed by atoms with Crippen molar-refractivity contribution in [3.05, 3.63) is 28.5 Å². The van der Waals surface area contributed by atoms with E-state index in [0.717, 1.165) is 17.4 Å². The van der Waals surface area contributed by atoms with Crippen molar-refractivity contribution in [3.63, 3.8) is 0 Å². The van der Waals surface area contributed by atoms with Gasteiger partial charge in [-0.15, -0.1) is 0 Å². The lowest BCUT2D eigenvalue weighted by Gasteiger charge is -2.07. The van der Waals surface area contributed by atoms with Crippen LogP contribution >= 0.6 is 15.9 Å². The molecule has 0 aliphatic heterocycles. The maximum Gasteiger partial charge on any atom is 0.0410 e. The summed E-state index contributed by atoms with van der Waals surface area (Å²) >= 11 is 3.43. The predicted octanol–water partition coefficient (Wildman–Crippen LogP) is 3.16. The van der Waals surface area contributed by atoms with Gasteiger partial charge in [0.25, 0.3) is 0 Å². The number of halogens is 1. The second kappa shape index (κ2) is 6.96. The average molecular weight is 271 g/mol. The van der Waals surface area contributed by atoms with Crippen molar-refractivity contribution in [2.75, 3.05) is 6.54 Å². The van der Waals surface area contributed by atoms with Gasteiger partial charge in [-0.1, -0.05) is 13.8 Å². The molecular formula is C12H19BrN2. The third kappa shape index (κ3) is 5.90. The number of nitrogens with one attached hydrogen (secondary N) is 1. The minimum absolute atomic E-state index is 0.595. The summed E-state index contributed by atoms with van der Waals surface area (Å²) in [6.45, 7) is 5.47. The van der Waals surface area contributed by atoms with Crippen LogP contribution in [0.15, 0.2) is 22.9 Å². The van der Waals surface area contributed by atoms with Gasteiger partial charge in [-0.05, 0) is 53.4 Å². The molecule has 1 heterocycles. The van der Waals surface area contributed by atoms with Gasteiger partial charge in [-0.3, -0.25) is 4.98 Å². The molecule has 0 saturated carbocycles. The number of pyridine rings is 1. The highest BCUT2D eigenvalue weighted by atomic mass is 79.9. The summed E-state index contributed by atoms with van der Waals surface area (Å²) in [4.78, 5) is 4.15. The van der Waals surface area contributed by atoms with E-state index in [9.17, 15) is 0 Å². The van der Waals surface area contributed by atoms with Crippen molar-refractivity contribution in [2.45, 2.75) is 39.2 Å². The summed E-state index contributed by atoms with van der Waals surface area (Å²) in [5, 5.41) is 3.42. The van der Waals surface area contributed by atoms with E-state index in [-0.39, 0.29) is 0 Å². The van der Waals surface area contributed by atoms with E-state index in [1.165, 1.54) is 18.4 Å². The molecule has 0 unspecified atom stereocenters. The van der Waals surface area contributed by atoms with Gasteiger partial charge >= 0.3 is 0 Å². The van der Waals surface area contributed by atoms with Crippen molar-refractivity contribution < 1.29 is 0 Å². The number of unbranched alkanes of at least 4 members (excludes halogenated alkanes) is 1. The van der Waals surface area contributed by atoms with Crippen LogP contribution in [0.1, 0.15) is 32.3 Å². The van der Waals surface area contributed by atoms with Crippen molar-refractivity contribution >= 4 is 15.9 Å². The van der Waals surface area contributed by atoms with E-state index >= 15 is 0 Å². The average Bonchev–Trinajstić information content (AvgIpc) is 2.17. The van der Waals surface area contributed by atoms with Crippen molar-refractivity contribution in [1.29, 1.82) is 0 Å². The van der Waals surface area contributed by atoms with Gasteiger partial charge < -0.3 is 5.32 Å². The number of aryl methyl sites for hydroxylation is 1. The van der Waals surface area contributed by atoms with Crippen LogP contribution in [0.3, 0.4) is 0 Å². The number of hydrogen-bond donors (Lipinski definition) is 1. The standard InChI is InChI=1S/C12H19BrN2/c1-10(2)15-6-4-3-5-11-7-12(13)9-14-8-11/h7-10,15H,3-6H2,1-2H3. The molecule has 1 rings (SSSR count). The molecule has 15 heavy (non-hydrogen) atoms. The van der Waals surface area contributed by atoms with Crippen LogP contribution < -0.4 is 5.32 Å². The van der Waals surface area contributed by atoms with E-state index in [4.69, 9.17) is 0 Å². The summed E-state index contributed by atoms with van der Waals surface area (Å²) in [6.07, 6.45) is 7.33. The van der Waals surface area contributed by atoms with Crippen LogP contribution in [-0.2, 0) is 6.42 Å². The van der Waals surface area contributed by atoms with Crippen LogP contribution in [-0.4, -0.2) is 17.6 Å². The van der Waals surface area contributed by atoms with Crippen LogP contribution in [0.25, 0.3) is 0 Å². The molecule has 0 amide bonds. The Labute approximate surface area is 101 Å². The van der Waals surface area contributed by atoms with Gasteiger partial charge in [0.15, 0.2) is 0 Å². The molecule has 0 aliphatic carbocycles. The molecule has 0 radical (unpaired) electrons. The first-order valence-electron chi connectivity index (χ1n) is 5.51. The minimum Gasteiger partial charge on any atom is -0.315 e. The van der Waals surface area contributed by atoms with Crippen molar-refractivity contribution in [2.24, 2.45) is 0 Å². The van der Waals surface area contributed by atoms with Crippen molar-refractivity contribution in [1.82, 2.24) is 10.3 Å². The van der Waals surface area contributed by atoms with Gasteiger partial charge in [0.05, 0.1) is 0 Å². The lowest BCUT2D eigenvalue weighted by atomic mass is 10.1. The Morgan fingerprint density at radius 1 is 1.33 bits per heavy atom. The molecule has 1 N–H and O–H groups in total. The maximum absolute atomic E-state index is 4.15. The zero-order valence-corrected chi connectivity index (χ0v) is 11.0. The Balaban J connectivity index is 2.15. The molecule has 0 saturated heterocycles. The Bertz CT molecular complexity index is 287. The fraction of sp³-hybridized carbons (Fsp3) is 0.583. The van der Waals surface area contributed by atoms with E-state index in [1.54, 1.807) is 0 Å². The van der Waals surface area contributed by atoms with Crippen LogP contribution in [0, 0.1) is 0 Å². The Hall–Kier alpha value is -0.410. The summed E-state index contributed by atoms with van der Waals surface area (Å²) in [5.41, 5.74) is 1.31. The summed E-state index contributed by atoms with van der Waals surface area (Å²) in [6, 6.07) is 2.74. The van der Waals surface area contributed by atoms with E-state index in [1.807, 2.05) is 12.4 Å². The van der Waals surface area contributed by atoms with Gasteiger partial charge in [0.2, 0.25) is 0 Å². The monoisotopic (exact) mass is 270 g/mol. The first-order chi connectivity index (χ1) is 7.18. The second-order valence-corrected chi connectivity index (χ2v) is 4.99. The fourth-order valence-corrected chi connectivity index (χ4v) is 1.85. The summed E-state index contributed by atoms with van der Waals surface area (Å²) < 4.78 is 1.07. The molecule has 2 nitrogen and oxygen atoms in total. The Morgan fingerprint density at radius 2 is 2.13 bits per heavy atom. The molecule has 1 aromatic heterocycles. The van der Waals surface area contributed by atoms with Gasteiger partial charge in [0, 0.05) is 22.9 Å². The van der Waals surface area contributed by atoms with Crippen molar-refractivity contribution in [3.8, 4) is 0 Å². The molecule has 0 atom stereocenters. The Morgan fingerprint density at radius 3 is 2.80 bits per heavy atom. The summed E-state index contributed by atoms with van der Waals surface area (Å²) in [7, 11) is 0. The molecule has 0 fully saturated rings. The molecule has 84 valence electrons. The lowest BCUT2D eigenvalue weighted by Crippen LogP contribution is -2.23. The number of hydrogen-bond acceptors (Lipinski definition) is 2. The minimum atomic E-state index is 0.595. The second-order valence-electron chi connectivity index (χ2n) is 4.08. The van der Waals surface area contributed by atoms with Gasteiger partial charge in [0.1, 0.15) is 0 Å². The van der Waals surface area contributed by atoms with Gasteiger partial charge in [-0.25, -0.2) is 0 Å². The highest BCUT2D eigenvalue weighted by molar-refractivity contribution is 9.10. The van der Waals surface area contributed by atoms with E-state index in [2.05, 4.69) is 46.1 Å². The lowest BCUT2D eigenvalue weighted by molar-refractivity contribution is 0.557. The largest absolute Gasteiger partial charge is 0.315 e. The first-order valence-corrected chi connectivity index (χ1v) is 6.30. The topological polar surface area (TPSA) is 24.9 Å². The van der Waals surface area contributed by atoms with Crippen LogP contribution in [0.2, 0.25) is 0 Å². The van der Waals surface area contributed by atoms with Crippen LogP contribution in [0.5, 0.6) is 0 Å². The van der Waals surface area contributed by atoms with E-state index in [0.29, 0.717) is 6.04 Å². The Kier molecular flexibility index (Phi) is 5.88. The van der Waals surface area contributed by atoms with E-state index < -0.39 is 0 Å². The summed E-state index contributed by atoms with van der Waals surface area (Å²) in [5.74, 6) is 0. The predicted molar refractivity (Wildman–Crippen MR) is 68.0 cm³/mol. The normalized spacial score (nSPS) is 10.9. The fourth-order valence-electron chi connectivity index (χ4n) is 1.44. The third-order valence-corrected chi connectivity index (χ3v) is 2.64. The molecule has 1 aromatic rings. The molecule has 3 heteroatoms. The zero-order valence-electron chi connectivity index (χ0n) is 9.46. The molecule has 0 aliphatic rings. The zero-order chi connectivity index (χ0) is 11.1. The highest BCUT2D eigenvalue weighted by Crippen LogP contribution is 2.11. The van der Waals surface area contributed by atoms with Gasteiger partial charge in [-0.2, -0.15) is 0 Å². The number of rotatable bonds is 6. The highest BCUT2D eigenvalue weighted by Gasteiger charge is 1.96. The molecule has 0 spiro atoms. The first kappa shape index (κ1) is 12.7. The third-order valence-electron chi connectivity index (χ3n) is 2.21. The smallest absolute Gasteiger partial charge is 0.0410 e. The molecule has 0 bridgehead atoms. The molecular weight excluding hydrogens is 252 g/mol.